The second kappa shape index (κ2) is 7.53. The fraction of sp³-hybridized carbons (Fsp3) is 0.0667. The summed E-state index contributed by atoms with van der Waals surface area (Å²) < 4.78 is 2.63. The largest absolute Gasteiger partial charge is 1.00 e. The average Bonchev–Trinajstić information content (AvgIpc) is 2.86. The quantitative estimate of drug-likeness (QED) is 0.268. The van der Waals surface area contributed by atoms with Crippen LogP contribution < -0.4 is 138 Å². The Bertz CT molecular complexity index is 791. The summed E-state index contributed by atoms with van der Waals surface area (Å²) in [6.45, 7) is 2.11. The summed E-state index contributed by atoms with van der Waals surface area (Å²) in [6, 6.07) is 15.7. The topological polar surface area (TPSA) is 0 Å². The summed E-state index contributed by atoms with van der Waals surface area (Å²) in [5, 5.41) is 7.09. The molecule has 0 spiro atoms. The van der Waals surface area contributed by atoms with Gasteiger partial charge in [-0.05, 0) is 6.92 Å². The smallest absolute Gasteiger partial charge is 0.226 e. The number of benzene rings is 2. The Balaban J connectivity index is 0.000000667. The molecule has 2 aromatic heterocycles. The van der Waals surface area contributed by atoms with E-state index in [-0.39, 0.29) is 138 Å². The molecule has 0 aliphatic heterocycles. The van der Waals surface area contributed by atoms with Crippen LogP contribution in [0.25, 0.3) is 30.9 Å². The number of hydrogen-bond donors (Lipinski definition) is 0. The first-order valence-electron chi connectivity index (χ1n) is 5.45. The molecule has 4 aromatic rings. The molecule has 0 radical (unpaired) electrons. The summed E-state index contributed by atoms with van der Waals surface area (Å²) >= 11 is 3.56. The van der Waals surface area contributed by atoms with Crippen molar-refractivity contribution in [3.63, 3.8) is 0 Å². The third kappa shape index (κ3) is 3.63. The van der Waals surface area contributed by atoms with E-state index in [2.05, 4.69) is 43.3 Å². The van der Waals surface area contributed by atoms with E-state index in [9.17, 15) is 0 Å². The fourth-order valence-electron chi connectivity index (χ4n) is 2.24. The van der Waals surface area contributed by atoms with Crippen LogP contribution in [-0.2, 0) is 0 Å². The second-order valence-electron chi connectivity index (χ2n) is 4.21. The van der Waals surface area contributed by atoms with Gasteiger partial charge in [0.05, 0.1) is 0 Å². The third-order valence-corrected chi connectivity index (χ3v) is 4.80. The Morgan fingerprint density at radius 1 is 0.895 bits per heavy atom. The van der Waals surface area contributed by atoms with E-state index in [1.54, 1.807) is 11.3 Å². The maximum Gasteiger partial charge on any atom is 1.00 e. The zero-order valence-electron chi connectivity index (χ0n) is 11.2. The molecule has 19 heavy (non-hydrogen) atoms. The van der Waals surface area contributed by atoms with Crippen molar-refractivity contribution in [2.45, 2.75) is 6.92 Å². The number of hydrogen-bond acceptors (Lipinski definition) is 2. The third-order valence-electron chi connectivity index (χ3n) is 3.01. The Morgan fingerprint density at radius 3 is 2.37 bits per heavy atom. The molecule has 2 heterocycles. The van der Waals surface area contributed by atoms with E-state index in [1.807, 2.05) is 16.7 Å². The molecule has 0 atom stereocenters. The molecule has 0 nitrogen and oxygen atoms in total. The molecule has 0 saturated heterocycles. The standard InChI is InChI=1S/C15H8S2.2Cs/c1-9-4-13-6-12-7-14-10(2-3-16-14)5-11(12)8-15(13)17-9;;/h3,5-8H,1H3;;/q-2;2*+1. The zero-order chi connectivity index (χ0) is 11.4. The van der Waals surface area contributed by atoms with Gasteiger partial charge in [0, 0.05) is 0 Å². The van der Waals surface area contributed by atoms with Gasteiger partial charge in [0.1, 0.15) is 0 Å². The Labute approximate surface area is 238 Å². The van der Waals surface area contributed by atoms with E-state index in [0.29, 0.717) is 0 Å². The van der Waals surface area contributed by atoms with E-state index >= 15 is 0 Å². The minimum Gasteiger partial charge on any atom is -0.226 e. The van der Waals surface area contributed by atoms with Crippen LogP contribution in [0.2, 0.25) is 0 Å². The van der Waals surface area contributed by atoms with Gasteiger partial charge in [-0.1, -0.05) is 30.4 Å². The second-order valence-corrected chi connectivity index (χ2v) is 6.37. The normalized spacial score (nSPS) is 10.6. The van der Waals surface area contributed by atoms with Crippen molar-refractivity contribution in [3.05, 3.63) is 46.7 Å². The first-order chi connectivity index (χ1) is 8.29. The molecule has 2 aromatic carbocycles. The Morgan fingerprint density at radius 2 is 1.58 bits per heavy atom. The van der Waals surface area contributed by atoms with Crippen molar-refractivity contribution in [2.24, 2.45) is 0 Å². The summed E-state index contributed by atoms with van der Waals surface area (Å²) in [4.78, 5) is 1.25. The summed E-state index contributed by atoms with van der Waals surface area (Å²) in [6.07, 6.45) is 0. The molecule has 0 aliphatic rings. The van der Waals surface area contributed by atoms with Crippen molar-refractivity contribution < 1.29 is 138 Å². The molecule has 0 N–H and O–H groups in total. The number of fused-ring (bicyclic) bond motifs is 3. The van der Waals surface area contributed by atoms with Crippen LogP contribution in [0.15, 0.2) is 29.6 Å². The van der Waals surface area contributed by atoms with E-state index in [1.165, 1.54) is 35.8 Å². The van der Waals surface area contributed by atoms with Gasteiger partial charge in [-0.3, -0.25) is 0 Å². The summed E-state index contributed by atoms with van der Waals surface area (Å²) in [5.74, 6) is 0. The number of aryl methyl sites for hydroxylation is 1. The minimum atomic E-state index is 0. The first-order valence-corrected chi connectivity index (χ1v) is 7.14. The van der Waals surface area contributed by atoms with Gasteiger partial charge in [0.25, 0.3) is 0 Å². The number of rotatable bonds is 0. The fourth-order valence-corrected chi connectivity index (χ4v) is 3.89. The van der Waals surface area contributed by atoms with E-state index in [0.717, 1.165) is 0 Å². The van der Waals surface area contributed by atoms with E-state index < -0.39 is 0 Å². The predicted octanol–water partition coefficient (Wildman–Crippen LogP) is -0.814. The van der Waals surface area contributed by atoms with Gasteiger partial charge < -0.3 is 0 Å². The molecule has 82 valence electrons. The predicted molar refractivity (Wildman–Crippen MR) is 77.1 cm³/mol. The molecular weight excluding hydrogens is 510 g/mol. The Hall–Kier alpha value is 2.72. The minimum absolute atomic E-state index is 0. The molecule has 0 bridgehead atoms. The maximum atomic E-state index is 3.41. The van der Waals surface area contributed by atoms with Crippen LogP contribution in [0.3, 0.4) is 0 Å². The Kier molecular flexibility index (Phi) is 7.16. The molecule has 4 heteroatoms. The zero-order valence-corrected chi connectivity index (χ0v) is 25.4. The van der Waals surface area contributed by atoms with Crippen molar-refractivity contribution >= 4 is 53.6 Å². The number of thiophene rings is 2. The summed E-state index contributed by atoms with van der Waals surface area (Å²) in [7, 11) is 0. The molecular formula is C15H8Cs2S2. The van der Waals surface area contributed by atoms with Gasteiger partial charge in [-0.2, -0.15) is 35.0 Å². The van der Waals surface area contributed by atoms with Crippen molar-refractivity contribution in [3.8, 4) is 0 Å². The van der Waals surface area contributed by atoms with Gasteiger partial charge >= 0.3 is 138 Å². The van der Waals surface area contributed by atoms with Crippen LogP contribution in [0, 0.1) is 19.1 Å². The molecule has 0 unspecified atom stereocenters. The van der Waals surface area contributed by atoms with Gasteiger partial charge in [-0.15, -0.1) is 12.1 Å². The van der Waals surface area contributed by atoms with Gasteiger partial charge in [-0.25, -0.2) is 22.7 Å². The van der Waals surface area contributed by atoms with Crippen LogP contribution in [0.1, 0.15) is 4.88 Å². The monoisotopic (exact) mass is 518 g/mol. The SMILES string of the molecule is Cc1[c-]c2cc3cc4sc[c-]c4cc3cc2s1.[Cs+].[Cs+]. The van der Waals surface area contributed by atoms with Crippen molar-refractivity contribution in [1.29, 1.82) is 0 Å². The maximum absolute atomic E-state index is 3.41. The molecule has 0 saturated carbocycles. The van der Waals surface area contributed by atoms with Crippen LogP contribution in [0.5, 0.6) is 0 Å². The molecule has 0 fully saturated rings. The van der Waals surface area contributed by atoms with Gasteiger partial charge in [0.2, 0.25) is 0 Å². The molecule has 0 amide bonds. The van der Waals surface area contributed by atoms with Crippen molar-refractivity contribution in [1.82, 2.24) is 0 Å². The van der Waals surface area contributed by atoms with Crippen LogP contribution >= 0.6 is 22.7 Å². The summed E-state index contributed by atoms with van der Waals surface area (Å²) in [5.41, 5.74) is 0. The van der Waals surface area contributed by atoms with Gasteiger partial charge in [0.15, 0.2) is 0 Å². The first kappa shape index (κ1) is 18.1. The molecule has 4 rings (SSSR count). The van der Waals surface area contributed by atoms with Crippen LogP contribution in [-0.4, -0.2) is 0 Å². The van der Waals surface area contributed by atoms with Crippen LogP contribution in [0.4, 0.5) is 0 Å². The average molecular weight is 518 g/mol. The van der Waals surface area contributed by atoms with Crippen molar-refractivity contribution in [2.75, 3.05) is 0 Å². The molecule has 0 aliphatic carbocycles. The van der Waals surface area contributed by atoms with E-state index in [4.69, 9.17) is 0 Å².